The van der Waals surface area contributed by atoms with Crippen LogP contribution in [0.4, 0.5) is 4.39 Å². The predicted octanol–water partition coefficient (Wildman–Crippen LogP) is 2.76. The van der Waals surface area contributed by atoms with Gasteiger partial charge in [0, 0.05) is 0 Å². The van der Waals surface area contributed by atoms with Gasteiger partial charge in [0.15, 0.2) is 6.29 Å². The molecule has 0 saturated carbocycles. The number of carbonyl (C=O) groups is 1. The van der Waals surface area contributed by atoms with E-state index in [0.717, 1.165) is 6.29 Å². The molecule has 0 radical (unpaired) electrons. The number of nitrogens with zero attached hydrogens (tertiary/aromatic N) is 1. The first-order chi connectivity index (χ1) is 6.81. The molecule has 0 amide bonds. The highest BCUT2D eigenvalue weighted by Crippen LogP contribution is 2.26. The standard InChI is InChI=1S/C10H6FNOS/c11-9-3-1-2-7(4-9)10-8(6-13)5-12-14-10/h1-6H. The fourth-order valence-electron chi connectivity index (χ4n) is 1.18. The van der Waals surface area contributed by atoms with E-state index >= 15 is 0 Å². The highest BCUT2D eigenvalue weighted by Gasteiger charge is 2.07. The monoisotopic (exact) mass is 207 g/mol. The van der Waals surface area contributed by atoms with Crippen molar-refractivity contribution in [2.45, 2.75) is 0 Å². The van der Waals surface area contributed by atoms with Gasteiger partial charge in [-0.2, -0.15) is 4.37 Å². The summed E-state index contributed by atoms with van der Waals surface area (Å²) in [4.78, 5) is 11.3. The van der Waals surface area contributed by atoms with E-state index in [9.17, 15) is 9.18 Å². The molecular weight excluding hydrogens is 201 g/mol. The van der Waals surface area contributed by atoms with Crippen molar-refractivity contribution in [1.29, 1.82) is 0 Å². The number of hydrogen-bond acceptors (Lipinski definition) is 3. The first-order valence-corrected chi connectivity index (χ1v) is 4.74. The average molecular weight is 207 g/mol. The van der Waals surface area contributed by atoms with Gasteiger partial charge in [-0.05, 0) is 29.2 Å². The first kappa shape index (κ1) is 9.02. The quantitative estimate of drug-likeness (QED) is 0.709. The zero-order valence-corrected chi connectivity index (χ0v) is 7.92. The lowest BCUT2D eigenvalue weighted by atomic mass is 10.1. The lowest BCUT2D eigenvalue weighted by molar-refractivity contribution is 0.112. The van der Waals surface area contributed by atoms with Crippen molar-refractivity contribution < 1.29 is 9.18 Å². The molecule has 0 N–H and O–H groups in total. The number of carbonyl (C=O) groups excluding carboxylic acids is 1. The minimum atomic E-state index is -0.312. The summed E-state index contributed by atoms with van der Waals surface area (Å²) < 4.78 is 16.8. The summed E-state index contributed by atoms with van der Waals surface area (Å²) in [7, 11) is 0. The Morgan fingerprint density at radius 1 is 1.43 bits per heavy atom. The first-order valence-electron chi connectivity index (χ1n) is 3.97. The van der Waals surface area contributed by atoms with Crippen molar-refractivity contribution in [3.05, 3.63) is 41.8 Å². The van der Waals surface area contributed by atoms with Crippen molar-refractivity contribution in [1.82, 2.24) is 4.37 Å². The number of aldehydes is 1. The van der Waals surface area contributed by atoms with Gasteiger partial charge in [-0.1, -0.05) is 12.1 Å². The minimum Gasteiger partial charge on any atom is -0.298 e. The molecule has 2 nitrogen and oxygen atoms in total. The molecular formula is C10H6FNOS. The Labute approximate surface area is 84.2 Å². The van der Waals surface area contributed by atoms with Crippen LogP contribution in [0.5, 0.6) is 0 Å². The van der Waals surface area contributed by atoms with E-state index in [1.54, 1.807) is 12.1 Å². The number of aromatic nitrogens is 1. The Bertz CT molecular complexity index is 467. The highest BCUT2D eigenvalue weighted by molar-refractivity contribution is 7.10. The fourth-order valence-corrected chi connectivity index (χ4v) is 1.89. The average Bonchev–Trinajstić information content (AvgIpc) is 2.65. The zero-order valence-electron chi connectivity index (χ0n) is 7.11. The van der Waals surface area contributed by atoms with Crippen LogP contribution in [0.25, 0.3) is 10.4 Å². The van der Waals surface area contributed by atoms with Gasteiger partial charge >= 0.3 is 0 Å². The highest BCUT2D eigenvalue weighted by atomic mass is 32.1. The van der Waals surface area contributed by atoms with E-state index in [0.29, 0.717) is 16.0 Å². The van der Waals surface area contributed by atoms with Crippen molar-refractivity contribution >= 4 is 17.8 Å². The molecule has 0 aliphatic rings. The molecule has 0 fully saturated rings. The normalized spacial score (nSPS) is 10.1. The van der Waals surface area contributed by atoms with Gasteiger partial charge in [0.2, 0.25) is 0 Å². The Morgan fingerprint density at radius 2 is 2.29 bits per heavy atom. The van der Waals surface area contributed by atoms with Crippen molar-refractivity contribution in [2.75, 3.05) is 0 Å². The predicted molar refractivity (Wildman–Crippen MR) is 52.9 cm³/mol. The van der Waals surface area contributed by atoms with Gasteiger partial charge in [0.1, 0.15) is 5.82 Å². The number of hydrogen-bond donors (Lipinski definition) is 0. The summed E-state index contributed by atoms with van der Waals surface area (Å²) in [5.41, 5.74) is 1.19. The molecule has 70 valence electrons. The smallest absolute Gasteiger partial charge is 0.153 e. The lowest BCUT2D eigenvalue weighted by Crippen LogP contribution is -1.81. The van der Waals surface area contributed by atoms with Gasteiger partial charge in [-0.3, -0.25) is 4.79 Å². The van der Waals surface area contributed by atoms with Gasteiger partial charge < -0.3 is 0 Å². The van der Waals surface area contributed by atoms with Crippen LogP contribution in [0.2, 0.25) is 0 Å². The maximum atomic E-state index is 12.9. The van der Waals surface area contributed by atoms with Gasteiger partial charge in [0.05, 0.1) is 16.6 Å². The zero-order chi connectivity index (χ0) is 9.97. The summed E-state index contributed by atoms with van der Waals surface area (Å²) in [6.07, 6.45) is 2.21. The summed E-state index contributed by atoms with van der Waals surface area (Å²) in [6, 6.07) is 6.12. The fraction of sp³-hybridized carbons (Fsp3) is 0. The summed E-state index contributed by atoms with van der Waals surface area (Å²) in [5.74, 6) is -0.312. The molecule has 2 aromatic rings. The molecule has 0 atom stereocenters. The third-order valence-electron chi connectivity index (χ3n) is 1.81. The largest absolute Gasteiger partial charge is 0.298 e. The summed E-state index contributed by atoms with van der Waals surface area (Å²) >= 11 is 1.19. The molecule has 2 rings (SSSR count). The second-order valence-corrected chi connectivity index (χ2v) is 3.54. The van der Waals surface area contributed by atoms with Gasteiger partial charge in [0.25, 0.3) is 0 Å². The number of benzene rings is 1. The number of halogens is 1. The van der Waals surface area contributed by atoms with E-state index in [-0.39, 0.29) is 5.82 Å². The van der Waals surface area contributed by atoms with E-state index < -0.39 is 0 Å². The molecule has 0 spiro atoms. The molecule has 1 aromatic carbocycles. The SMILES string of the molecule is O=Cc1cnsc1-c1cccc(F)c1. The second-order valence-electron chi connectivity index (χ2n) is 2.74. The summed E-state index contributed by atoms with van der Waals surface area (Å²) in [6.45, 7) is 0. The molecule has 0 unspecified atom stereocenters. The van der Waals surface area contributed by atoms with Crippen molar-refractivity contribution in [2.24, 2.45) is 0 Å². The topological polar surface area (TPSA) is 30.0 Å². The van der Waals surface area contributed by atoms with Crippen LogP contribution in [0, 0.1) is 5.82 Å². The van der Waals surface area contributed by atoms with Gasteiger partial charge in [-0.15, -0.1) is 0 Å². The van der Waals surface area contributed by atoms with Crippen LogP contribution in [-0.2, 0) is 0 Å². The molecule has 0 bridgehead atoms. The Balaban J connectivity index is 2.54. The van der Waals surface area contributed by atoms with Crippen molar-refractivity contribution in [3.63, 3.8) is 0 Å². The molecule has 1 heterocycles. The maximum absolute atomic E-state index is 12.9. The molecule has 4 heteroatoms. The van der Waals surface area contributed by atoms with Crippen LogP contribution >= 0.6 is 11.5 Å². The van der Waals surface area contributed by atoms with Gasteiger partial charge in [-0.25, -0.2) is 4.39 Å². The lowest BCUT2D eigenvalue weighted by Gasteiger charge is -1.97. The summed E-state index contributed by atoms with van der Waals surface area (Å²) in [5, 5.41) is 0. The van der Waals surface area contributed by atoms with E-state index in [2.05, 4.69) is 4.37 Å². The van der Waals surface area contributed by atoms with Crippen LogP contribution in [-0.4, -0.2) is 10.7 Å². The minimum absolute atomic E-state index is 0.312. The maximum Gasteiger partial charge on any atom is 0.153 e. The molecule has 0 aliphatic heterocycles. The second kappa shape index (κ2) is 3.67. The third-order valence-corrected chi connectivity index (χ3v) is 2.68. The van der Waals surface area contributed by atoms with Crippen LogP contribution < -0.4 is 0 Å². The van der Waals surface area contributed by atoms with Crippen LogP contribution in [0.15, 0.2) is 30.5 Å². The molecule has 14 heavy (non-hydrogen) atoms. The van der Waals surface area contributed by atoms with Crippen molar-refractivity contribution in [3.8, 4) is 10.4 Å². The Hall–Kier alpha value is -1.55. The molecule has 0 aliphatic carbocycles. The molecule has 1 aromatic heterocycles. The van der Waals surface area contributed by atoms with Crippen LogP contribution in [0.3, 0.4) is 0 Å². The van der Waals surface area contributed by atoms with Crippen LogP contribution in [0.1, 0.15) is 10.4 Å². The Kier molecular flexibility index (Phi) is 2.37. The third kappa shape index (κ3) is 1.56. The molecule has 0 saturated heterocycles. The van der Waals surface area contributed by atoms with E-state index in [4.69, 9.17) is 0 Å². The van der Waals surface area contributed by atoms with E-state index in [1.807, 2.05) is 0 Å². The van der Waals surface area contributed by atoms with E-state index in [1.165, 1.54) is 29.9 Å². The Morgan fingerprint density at radius 3 is 3.00 bits per heavy atom. The number of rotatable bonds is 2.